The van der Waals surface area contributed by atoms with Gasteiger partial charge >= 0.3 is 0 Å². The molecule has 5 aromatic rings. The van der Waals surface area contributed by atoms with Crippen molar-refractivity contribution in [1.29, 1.82) is 0 Å². The molecular formula is C22H15N3O. The molecule has 0 aliphatic rings. The highest BCUT2D eigenvalue weighted by molar-refractivity contribution is 6.06. The zero-order valence-electron chi connectivity index (χ0n) is 14.2. The van der Waals surface area contributed by atoms with Gasteiger partial charge in [0.1, 0.15) is 17.0 Å². The second-order valence-corrected chi connectivity index (χ2v) is 6.24. The molecule has 0 saturated carbocycles. The van der Waals surface area contributed by atoms with Crippen LogP contribution in [0.15, 0.2) is 77.5 Å². The van der Waals surface area contributed by atoms with Crippen LogP contribution in [0.2, 0.25) is 0 Å². The zero-order valence-corrected chi connectivity index (χ0v) is 14.2. The van der Waals surface area contributed by atoms with Crippen LogP contribution in [-0.2, 0) is 0 Å². The van der Waals surface area contributed by atoms with Crippen molar-refractivity contribution in [2.24, 2.45) is 0 Å². The maximum absolute atomic E-state index is 5.92. The molecule has 4 nitrogen and oxygen atoms in total. The zero-order chi connectivity index (χ0) is 17.5. The lowest BCUT2D eigenvalue weighted by Gasteiger charge is -2.06. The van der Waals surface area contributed by atoms with Crippen molar-refractivity contribution in [2.75, 3.05) is 0 Å². The topological polar surface area (TPSA) is 51.8 Å². The largest absolute Gasteiger partial charge is 0.456 e. The lowest BCUT2D eigenvalue weighted by Crippen LogP contribution is -1.94. The van der Waals surface area contributed by atoms with Gasteiger partial charge in [0.15, 0.2) is 0 Å². The van der Waals surface area contributed by atoms with Gasteiger partial charge in [0, 0.05) is 34.3 Å². The average Bonchev–Trinajstić information content (AvgIpc) is 3.06. The first-order chi connectivity index (χ1) is 12.8. The second-order valence-electron chi connectivity index (χ2n) is 6.24. The molecule has 3 heterocycles. The quantitative estimate of drug-likeness (QED) is 0.432. The van der Waals surface area contributed by atoms with E-state index in [-0.39, 0.29) is 0 Å². The normalized spacial score (nSPS) is 11.3. The van der Waals surface area contributed by atoms with Gasteiger partial charge in [0.05, 0.1) is 11.4 Å². The van der Waals surface area contributed by atoms with Gasteiger partial charge in [0.2, 0.25) is 0 Å². The van der Waals surface area contributed by atoms with Crippen LogP contribution in [0.3, 0.4) is 0 Å². The van der Waals surface area contributed by atoms with E-state index in [1.807, 2.05) is 61.7 Å². The van der Waals surface area contributed by atoms with Gasteiger partial charge in [-0.15, -0.1) is 0 Å². The molecule has 0 aliphatic carbocycles. The van der Waals surface area contributed by atoms with Crippen LogP contribution in [-0.4, -0.2) is 15.0 Å². The predicted molar refractivity (Wildman–Crippen MR) is 103 cm³/mol. The van der Waals surface area contributed by atoms with E-state index in [1.165, 1.54) is 0 Å². The standard InChI is InChI=1S/C22H15N3O/c1-14-24-19(12-20(25-14)16-5-4-10-23-13-16)15-8-9-22-18(11-15)17-6-2-3-7-21(17)26-22/h2-13H,1H3. The highest BCUT2D eigenvalue weighted by atomic mass is 16.3. The fourth-order valence-electron chi connectivity index (χ4n) is 3.26. The minimum atomic E-state index is 0.735. The number of furan rings is 1. The summed E-state index contributed by atoms with van der Waals surface area (Å²) in [6.07, 6.45) is 3.58. The molecule has 3 aromatic heterocycles. The number of rotatable bonds is 2. The van der Waals surface area contributed by atoms with E-state index in [2.05, 4.69) is 27.1 Å². The molecule has 124 valence electrons. The summed E-state index contributed by atoms with van der Waals surface area (Å²) in [5.74, 6) is 0.735. The minimum Gasteiger partial charge on any atom is -0.456 e. The molecule has 4 heteroatoms. The molecule has 0 aliphatic heterocycles. The molecule has 2 aromatic carbocycles. The number of nitrogens with zero attached hydrogens (tertiary/aromatic N) is 3. The number of benzene rings is 2. The highest BCUT2D eigenvalue weighted by Crippen LogP contribution is 2.32. The van der Waals surface area contributed by atoms with Crippen molar-refractivity contribution in [3.63, 3.8) is 0 Å². The summed E-state index contributed by atoms with van der Waals surface area (Å²) in [4.78, 5) is 13.4. The summed E-state index contributed by atoms with van der Waals surface area (Å²) < 4.78 is 5.92. The van der Waals surface area contributed by atoms with Gasteiger partial charge in [0.25, 0.3) is 0 Å². The first-order valence-electron chi connectivity index (χ1n) is 8.46. The van der Waals surface area contributed by atoms with Crippen molar-refractivity contribution in [1.82, 2.24) is 15.0 Å². The van der Waals surface area contributed by atoms with Crippen LogP contribution in [0.5, 0.6) is 0 Å². The lowest BCUT2D eigenvalue weighted by atomic mass is 10.1. The summed E-state index contributed by atoms with van der Waals surface area (Å²) in [6, 6.07) is 20.2. The summed E-state index contributed by atoms with van der Waals surface area (Å²) in [7, 11) is 0. The fraction of sp³-hybridized carbons (Fsp3) is 0.0455. The molecule has 5 rings (SSSR count). The Bertz CT molecular complexity index is 1240. The van der Waals surface area contributed by atoms with Crippen LogP contribution in [0, 0.1) is 6.92 Å². The third-order valence-electron chi connectivity index (χ3n) is 4.47. The number of pyridine rings is 1. The first kappa shape index (κ1) is 14.8. The van der Waals surface area contributed by atoms with Gasteiger partial charge < -0.3 is 4.42 Å². The molecule has 0 spiro atoms. The van der Waals surface area contributed by atoms with Crippen LogP contribution in [0.4, 0.5) is 0 Å². The molecular weight excluding hydrogens is 322 g/mol. The van der Waals surface area contributed by atoms with Crippen molar-refractivity contribution in [3.8, 4) is 22.5 Å². The molecule has 0 radical (unpaired) electrons. The number of hydrogen-bond acceptors (Lipinski definition) is 4. The minimum absolute atomic E-state index is 0.735. The van der Waals surface area contributed by atoms with Crippen LogP contribution in [0.25, 0.3) is 44.5 Å². The maximum atomic E-state index is 5.92. The van der Waals surface area contributed by atoms with Crippen LogP contribution < -0.4 is 0 Å². The summed E-state index contributed by atoms with van der Waals surface area (Å²) in [5, 5.41) is 2.21. The van der Waals surface area contributed by atoms with Crippen molar-refractivity contribution < 1.29 is 4.42 Å². The molecule has 0 saturated heterocycles. The van der Waals surface area contributed by atoms with E-state index in [0.29, 0.717) is 0 Å². The van der Waals surface area contributed by atoms with Gasteiger partial charge in [-0.1, -0.05) is 18.2 Å². The Morgan fingerprint density at radius 1 is 0.731 bits per heavy atom. The number of aromatic nitrogens is 3. The third-order valence-corrected chi connectivity index (χ3v) is 4.47. The van der Waals surface area contributed by atoms with E-state index >= 15 is 0 Å². The summed E-state index contributed by atoms with van der Waals surface area (Å²) in [5.41, 5.74) is 5.57. The van der Waals surface area contributed by atoms with E-state index in [9.17, 15) is 0 Å². The molecule has 26 heavy (non-hydrogen) atoms. The van der Waals surface area contributed by atoms with Crippen LogP contribution >= 0.6 is 0 Å². The second kappa shape index (κ2) is 5.77. The Morgan fingerprint density at radius 3 is 2.38 bits per heavy atom. The van der Waals surface area contributed by atoms with E-state index in [4.69, 9.17) is 4.42 Å². The Hall–Kier alpha value is -3.53. The number of fused-ring (bicyclic) bond motifs is 3. The SMILES string of the molecule is Cc1nc(-c2cccnc2)cc(-c2ccc3oc4ccccc4c3c2)n1. The summed E-state index contributed by atoms with van der Waals surface area (Å²) in [6.45, 7) is 1.91. The van der Waals surface area contributed by atoms with Crippen molar-refractivity contribution in [2.45, 2.75) is 6.92 Å². The van der Waals surface area contributed by atoms with Gasteiger partial charge in [-0.3, -0.25) is 4.98 Å². The van der Waals surface area contributed by atoms with Crippen LogP contribution in [0.1, 0.15) is 5.82 Å². The molecule has 0 fully saturated rings. The van der Waals surface area contributed by atoms with Crippen molar-refractivity contribution in [3.05, 3.63) is 78.9 Å². The Kier molecular flexibility index (Phi) is 3.28. The number of aryl methyl sites for hydroxylation is 1. The maximum Gasteiger partial charge on any atom is 0.135 e. The van der Waals surface area contributed by atoms with E-state index in [0.717, 1.165) is 50.3 Å². The van der Waals surface area contributed by atoms with Gasteiger partial charge in [-0.05, 0) is 49.4 Å². The first-order valence-corrected chi connectivity index (χ1v) is 8.46. The molecule has 0 amide bonds. The molecule has 0 bridgehead atoms. The monoisotopic (exact) mass is 337 g/mol. The fourth-order valence-corrected chi connectivity index (χ4v) is 3.26. The van der Waals surface area contributed by atoms with Crippen molar-refractivity contribution >= 4 is 21.9 Å². The Balaban J connectivity index is 1.70. The van der Waals surface area contributed by atoms with E-state index < -0.39 is 0 Å². The Labute approximate surface area is 150 Å². The van der Waals surface area contributed by atoms with Gasteiger partial charge in [-0.25, -0.2) is 9.97 Å². The predicted octanol–water partition coefficient (Wildman–Crippen LogP) is 5.41. The summed E-state index contributed by atoms with van der Waals surface area (Å²) >= 11 is 0. The lowest BCUT2D eigenvalue weighted by molar-refractivity contribution is 0.669. The molecule has 0 N–H and O–H groups in total. The molecule has 0 atom stereocenters. The number of para-hydroxylation sites is 1. The highest BCUT2D eigenvalue weighted by Gasteiger charge is 2.11. The number of hydrogen-bond donors (Lipinski definition) is 0. The Morgan fingerprint density at radius 2 is 1.54 bits per heavy atom. The molecule has 0 unspecified atom stereocenters. The third kappa shape index (κ3) is 2.43. The average molecular weight is 337 g/mol. The van der Waals surface area contributed by atoms with E-state index in [1.54, 1.807) is 6.20 Å². The smallest absolute Gasteiger partial charge is 0.135 e. The van der Waals surface area contributed by atoms with Gasteiger partial charge in [-0.2, -0.15) is 0 Å².